The van der Waals surface area contributed by atoms with Crippen LogP contribution in [0.1, 0.15) is 25.3 Å². The molecule has 0 aromatic heterocycles. The van der Waals surface area contributed by atoms with E-state index in [0.29, 0.717) is 6.42 Å². The summed E-state index contributed by atoms with van der Waals surface area (Å²) < 4.78 is 10.1. The van der Waals surface area contributed by atoms with Gasteiger partial charge in [0.1, 0.15) is 11.8 Å². The summed E-state index contributed by atoms with van der Waals surface area (Å²) in [6, 6.07) is 7.03. The zero-order valence-corrected chi connectivity index (χ0v) is 12.2. The quantitative estimate of drug-likeness (QED) is 0.618. The fraction of sp³-hybridized carbons (Fsp3) is 0.500. The number of carbonyl (C=O) groups is 1. The number of hydrogen-bond donors (Lipinski definition) is 1. The molecule has 108 valence electrons. The van der Waals surface area contributed by atoms with Crippen molar-refractivity contribution in [2.75, 3.05) is 13.7 Å². The summed E-state index contributed by atoms with van der Waals surface area (Å²) in [5, 5.41) is 0. The van der Waals surface area contributed by atoms with E-state index in [9.17, 15) is 4.79 Å². The van der Waals surface area contributed by atoms with Gasteiger partial charge in [0.25, 0.3) is 0 Å². The fourth-order valence-electron chi connectivity index (χ4n) is 1.54. The predicted molar refractivity (Wildman–Crippen MR) is 77.8 cm³/mol. The Morgan fingerprint density at radius 2 is 1.95 bits per heavy atom. The van der Waals surface area contributed by atoms with Crippen LogP contribution < -0.4 is 10.5 Å². The van der Waals surface area contributed by atoms with Crippen molar-refractivity contribution in [1.82, 2.24) is 0 Å². The molecule has 0 aliphatic rings. The van der Waals surface area contributed by atoms with E-state index < -0.39 is 12.0 Å². The number of ether oxygens (including phenoxy) is 2. The lowest BCUT2D eigenvalue weighted by molar-refractivity contribution is -0.142. The molecule has 0 fully saturated rings. The second-order valence-corrected chi connectivity index (χ2v) is 4.18. The molecule has 0 aliphatic heterocycles. The lowest BCUT2D eigenvalue weighted by Crippen LogP contribution is -2.33. The van der Waals surface area contributed by atoms with Crippen LogP contribution in [0.4, 0.5) is 0 Å². The molecular weight excluding hydrogens is 266 g/mol. The van der Waals surface area contributed by atoms with E-state index in [1.165, 1.54) is 7.11 Å². The number of methoxy groups -OCH3 is 1. The molecule has 5 heteroatoms. The van der Waals surface area contributed by atoms with Crippen molar-refractivity contribution in [1.29, 1.82) is 0 Å². The first kappa shape index (κ1) is 17.7. The van der Waals surface area contributed by atoms with Crippen LogP contribution in [0.15, 0.2) is 24.3 Å². The van der Waals surface area contributed by atoms with Crippen molar-refractivity contribution < 1.29 is 14.3 Å². The normalized spacial score (nSPS) is 11.3. The summed E-state index contributed by atoms with van der Waals surface area (Å²) >= 11 is 0. The number of benzene rings is 1. The van der Waals surface area contributed by atoms with Crippen LogP contribution in [-0.4, -0.2) is 25.7 Å². The van der Waals surface area contributed by atoms with Gasteiger partial charge in [0.15, 0.2) is 0 Å². The number of hydrogen-bond acceptors (Lipinski definition) is 4. The number of rotatable bonds is 7. The van der Waals surface area contributed by atoms with E-state index in [-0.39, 0.29) is 12.4 Å². The Kier molecular flexibility index (Phi) is 9.00. The van der Waals surface area contributed by atoms with Crippen LogP contribution in [-0.2, 0) is 16.0 Å². The highest BCUT2D eigenvalue weighted by molar-refractivity contribution is 5.85. The van der Waals surface area contributed by atoms with Crippen molar-refractivity contribution in [2.45, 2.75) is 32.2 Å². The fourth-order valence-corrected chi connectivity index (χ4v) is 1.54. The van der Waals surface area contributed by atoms with Crippen LogP contribution in [0.2, 0.25) is 0 Å². The number of unbranched alkanes of at least 4 members (excludes halogenated alkanes) is 1. The molecule has 0 saturated heterocycles. The van der Waals surface area contributed by atoms with E-state index in [4.69, 9.17) is 10.5 Å². The molecule has 0 bridgehead atoms. The minimum atomic E-state index is -0.609. The lowest BCUT2D eigenvalue weighted by atomic mass is 10.1. The number of halogens is 1. The summed E-state index contributed by atoms with van der Waals surface area (Å²) in [6.45, 7) is 2.86. The molecule has 0 saturated carbocycles. The Balaban J connectivity index is 0.00000324. The van der Waals surface area contributed by atoms with E-state index in [2.05, 4.69) is 11.7 Å². The third kappa shape index (κ3) is 6.45. The lowest BCUT2D eigenvalue weighted by Gasteiger charge is -2.10. The van der Waals surface area contributed by atoms with Gasteiger partial charge >= 0.3 is 5.97 Å². The number of carbonyl (C=O) groups excluding carboxylic acids is 1. The Bertz CT molecular complexity index is 367. The largest absolute Gasteiger partial charge is 0.494 e. The predicted octanol–water partition coefficient (Wildman–Crippen LogP) is 2.33. The van der Waals surface area contributed by atoms with Crippen molar-refractivity contribution >= 4 is 18.4 Å². The van der Waals surface area contributed by atoms with Gasteiger partial charge in [0.2, 0.25) is 0 Å². The minimum Gasteiger partial charge on any atom is -0.494 e. The van der Waals surface area contributed by atoms with Gasteiger partial charge in [-0.25, -0.2) is 0 Å². The van der Waals surface area contributed by atoms with E-state index in [1.807, 2.05) is 24.3 Å². The average molecular weight is 288 g/mol. The highest BCUT2D eigenvalue weighted by Gasteiger charge is 2.13. The van der Waals surface area contributed by atoms with Gasteiger partial charge in [-0.3, -0.25) is 4.79 Å². The first-order valence-electron chi connectivity index (χ1n) is 6.22. The molecule has 0 radical (unpaired) electrons. The molecule has 1 aromatic carbocycles. The van der Waals surface area contributed by atoms with Gasteiger partial charge in [-0.2, -0.15) is 0 Å². The first-order chi connectivity index (χ1) is 8.67. The monoisotopic (exact) mass is 287 g/mol. The molecule has 0 amide bonds. The van der Waals surface area contributed by atoms with E-state index >= 15 is 0 Å². The molecule has 0 heterocycles. The molecule has 0 spiro atoms. The second-order valence-electron chi connectivity index (χ2n) is 4.18. The maximum Gasteiger partial charge on any atom is 0.322 e. The first-order valence-corrected chi connectivity index (χ1v) is 6.22. The number of nitrogens with two attached hydrogens (primary N) is 1. The van der Waals surface area contributed by atoms with Crippen LogP contribution in [0, 0.1) is 0 Å². The maximum atomic E-state index is 11.2. The van der Waals surface area contributed by atoms with Gasteiger partial charge in [0, 0.05) is 0 Å². The summed E-state index contributed by atoms with van der Waals surface area (Å²) in [6.07, 6.45) is 2.64. The van der Waals surface area contributed by atoms with E-state index in [1.54, 1.807) is 0 Å². The Morgan fingerprint density at radius 1 is 1.32 bits per heavy atom. The van der Waals surface area contributed by atoms with Gasteiger partial charge < -0.3 is 15.2 Å². The smallest absolute Gasteiger partial charge is 0.322 e. The third-order valence-electron chi connectivity index (χ3n) is 2.65. The third-order valence-corrected chi connectivity index (χ3v) is 2.65. The Hall–Kier alpha value is -1.26. The zero-order valence-electron chi connectivity index (χ0n) is 11.4. The summed E-state index contributed by atoms with van der Waals surface area (Å²) in [7, 11) is 1.34. The number of esters is 1. The zero-order chi connectivity index (χ0) is 13.4. The van der Waals surface area contributed by atoms with Gasteiger partial charge in [-0.05, 0) is 30.5 Å². The SMILES string of the molecule is CCCCOc1ccc(CC(N)C(=O)OC)cc1.Cl. The van der Waals surface area contributed by atoms with Crippen LogP contribution >= 0.6 is 12.4 Å². The van der Waals surface area contributed by atoms with Gasteiger partial charge in [-0.1, -0.05) is 25.5 Å². The van der Waals surface area contributed by atoms with Crippen molar-refractivity contribution in [3.05, 3.63) is 29.8 Å². The molecule has 1 aromatic rings. The molecule has 2 N–H and O–H groups in total. The molecule has 1 atom stereocenters. The molecule has 19 heavy (non-hydrogen) atoms. The Labute approximate surface area is 120 Å². The van der Waals surface area contributed by atoms with Gasteiger partial charge in [0.05, 0.1) is 13.7 Å². The van der Waals surface area contributed by atoms with Crippen molar-refractivity contribution in [3.8, 4) is 5.75 Å². The maximum absolute atomic E-state index is 11.2. The molecular formula is C14H22ClNO3. The van der Waals surface area contributed by atoms with Gasteiger partial charge in [-0.15, -0.1) is 12.4 Å². The molecule has 1 unspecified atom stereocenters. The summed E-state index contributed by atoms with van der Waals surface area (Å²) in [5.41, 5.74) is 6.69. The van der Waals surface area contributed by atoms with Crippen LogP contribution in [0.3, 0.4) is 0 Å². The summed E-state index contributed by atoms with van der Waals surface area (Å²) in [4.78, 5) is 11.2. The molecule has 1 rings (SSSR count). The van der Waals surface area contributed by atoms with Crippen molar-refractivity contribution in [2.24, 2.45) is 5.73 Å². The standard InChI is InChI=1S/C14H21NO3.ClH/c1-3-4-9-18-12-7-5-11(6-8-12)10-13(15)14(16)17-2;/h5-8,13H,3-4,9-10,15H2,1-2H3;1H. The average Bonchev–Trinajstić information content (AvgIpc) is 2.40. The highest BCUT2D eigenvalue weighted by Crippen LogP contribution is 2.13. The minimum absolute atomic E-state index is 0. The Morgan fingerprint density at radius 3 is 2.47 bits per heavy atom. The van der Waals surface area contributed by atoms with Crippen LogP contribution in [0.5, 0.6) is 5.75 Å². The van der Waals surface area contributed by atoms with E-state index in [0.717, 1.165) is 30.8 Å². The van der Waals surface area contributed by atoms with Crippen LogP contribution in [0.25, 0.3) is 0 Å². The van der Waals surface area contributed by atoms with Crippen molar-refractivity contribution in [3.63, 3.8) is 0 Å². The second kappa shape index (κ2) is 9.64. The molecule has 0 aliphatic carbocycles. The highest BCUT2D eigenvalue weighted by atomic mass is 35.5. The molecule has 4 nitrogen and oxygen atoms in total. The summed E-state index contributed by atoms with van der Waals surface area (Å²) in [5.74, 6) is 0.456. The topological polar surface area (TPSA) is 61.5 Å².